The molecule has 0 heterocycles. The van der Waals surface area contributed by atoms with E-state index in [2.05, 4.69) is 0 Å². The van der Waals surface area contributed by atoms with Gasteiger partial charge in [0.05, 0.1) is 11.4 Å². The van der Waals surface area contributed by atoms with Crippen molar-refractivity contribution in [2.75, 3.05) is 0 Å². The van der Waals surface area contributed by atoms with E-state index in [9.17, 15) is 0 Å². The van der Waals surface area contributed by atoms with Gasteiger partial charge in [-0.15, -0.1) is 0 Å². The van der Waals surface area contributed by atoms with Crippen molar-refractivity contribution >= 4 is 5.84 Å². The summed E-state index contributed by atoms with van der Waals surface area (Å²) in [6.07, 6.45) is 1.98. The summed E-state index contributed by atoms with van der Waals surface area (Å²) in [5.74, 6) is 0.0880. The van der Waals surface area contributed by atoms with Crippen LogP contribution >= 0.6 is 0 Å². The van der Waals surface area contributed by atoms with Crippen LogP contribution in [-0.2, 0) is 0 Å². The van der Waals surface area contributed by atoms with Crippen LogP contribution < -0.4 is 5.73 Å². The van der Waals surface area contributed by atoms with E-state index in [-0.39, 0.29) is 5.84 Å². The molecule has 1 aliphatic carbocycles. The Morgan fingerprint density at radius 2 is 2.25 bits per heavy atom. The summed E-state index contributed by atoms with van der Waals surface area (Å²) in [6, 6.07) is 0. The summed E-state index contributed by atoms with van der Waals surface area (Å²) in [6.45, 7) is 0. The maximum atomic E-state index is 9.08. The molecule has 0 aliphatic heterocycles. The van der Waals surface area contributed by atoms with E-state index in [1.807, 2.05) is 0 Å². The van der Waals surface area contributed by atoms with Crippen LogP contribution in [0.4, 0.5) is 0 Å². The quantitative estimate of drug-likeness (QED) is 0.345. The third kappa shape index (κ3) is 1.20. The molecule has 0 unspecified atom stereocenters. The molecule has 0 aromatic rings. The number of aliphatic hydroxyl groups is 1. The molecule has 0 spiro atoms. The van der Waals surface area contributed by atoms with Crippen molar-refractivity contribution in [3.05, 3.63) is 0 Å². The number of amidine groups is 1. The molecule has 0 atom stereocenters. The smallest absolute Gasteiger partial charge is 0.0934 e. The first-order valence-electron chi connectivity index (χ1n) is 2.68. The lowest BCUT2D eigenvalue weighted by atomic mass is 10.2. The molecule has 1 fully saturated rings. The second kappa shape index (κ2) is 1.45. The van der Waals surface area contributed by atoms with Crippen molar-refractivity contribution in [1.29, 1.82) is 5.41 Å². The Morgan fingerprint density at radius 3 is 2.38 bits per heavy atom. The molecule has 1 aliphatic rings. The maximum Gasteiger partial charge on any atom is 0.0934 e. The third-order valence-electron chi connectivity index (χ3n) is 1.35. The van der Waals surface area contributed by atoms with Gasteiger partial charge in [-0.2, -0.15) is 0 Å². The van der Waals surface area contributed by atoms with E-state index < -0.39 is 5.60 Å². The van der Waals surface area contributed by atoms with Gasteiger partial charge in [0.2, 0.25) is 0 Å². The Hall–Kier alpha value is -0.570. The summed E-state index contributed by atoms with van der Waals surface area (Å²) in [5, 5.41) is 15.9. The van der Waals surface area contributed by atoms with E-state index in [0.717, 1.165) is 12.8 Å². The van der Waals surface area contributed by atoms with Crippen LogP contribution in [0.3, 0.4) is 0 Å². The lowest BCUT2D eigenvalue weighted by Crippen LogP contribution is -2.19. The molecule has 0 aromatic carbocycles. The van der Waals surface area contributed by atoms with Crippen LogP contribution in [0.25, 0.3) is 0 Å². The first-order chi connectivity index (χ1) is 3.62. The Labute approximate surface area is 48.0 Å². The van der Waals surface area contributed by atoms with E-state index in [1.54, 1.807) is 0 Å². The molecule has 0 bridgehead atoms. The van der Waals surface area contributed by atoms with E-state index in [4.69, 9.17) is 16.2 Å². The highest BCUT2D eigenvalue weighted by molar-refractivity contribution is 5.78. The van der Waals surface area contributed by atoms with Crippen LogP contribution in [0.15, 0.2) is 0 Å². The SMILES string of the molecule is N=C(N)CC1(O)CC1. The first kappa shape index (κ1) is 5.56. The third-order valence-corrected chi connectivity index (χ3v) is 1.35. The Balaban J connectivity index is 2.29. The highest BCUT2D eigenvalue weighted by Gasteiger charge is 2.40. The fraction of sp³-hybridized carbons (Fsp3) is 0.800. The molecule has 0 aromatic heterocycles. The molecule has 1 saturated carbocycles. The second-order valence-corrected chi connectivity index (χ2v) is 2.43. The van der Waals surface area contributed by atoms with Gasteiger partial charge in [0.1, 0.15) is 0 Å². The fourth-order valence-corrected chi connectivity index (χ4v) is 0.676. The van der Waals surface area contributed by atoms with Gasteiger partial charge in [-0.1, -0.05) is 0 Å². The number of rotatable bonds is 2. The predicted octanol–water partition coefficient (Wildman–Crippen LogP) is -0.163. The summed E-state index contributed by atoms with van der Waals surface area (Å²) >= 11 is 0. The molecule has 0 saturated heterocycles. The van der Waals surface area contributed by atoms with Crippen LogP contribution in [0.2, 0.25) is 0 Å². The maximum absolute atomic E-state index is 9.08. The Bertz CT molecular complexity index is 118. The lowest BCUT2D eigenvalue weighted by Gasteiger charge is -2.02. The van der Waals surface area contributed by atoms with Gasteiger partial charge in [-0.25, -0.2) is 0 Å². The minimum absolute atomic E-state index is 0.0880. The Morgan fingerprint density at radius 1 is 1.75 bits per heavy atom. The van der Waals surface area contributed by atoms with Crippen LogP contribution in [0.5, 0.6) is 0 Å². The zero-order valence-corrected chi connectivity index (χ0v) is 4.65. The molecular weight excluding hydrogens is 104 g/mol. The molecule has 0 radical (unpaired) electrons. The number of hydrogen-bond acceptors (Lipinski definition) is 2. The van der Waals surface area contributed by atoms with Gasteiger partial charge in [0, 0.05) is 6.42 Å². The molecular formula is C5H10N2O. The fourth-order valence-electron chi connectivity index (χ4n) is 0.676. The van der Waals surface area contributed by atoms with Gasteiger partial charge in [0.15, 0.2) is 0 Å². The zero-order chi connectivity index (χ0) is 6.20. The second-order valence-electron chi connectivity index (χ2n) is 2.43. The number of nitrogens with two attached hydrogens (primary N) is 1. The highest BCUT2D eigenvalue weighted by Crippen LogP contribution is 2.37. The lowest BCUT2D eigenvalue weighted by molar-refractivity contribution is 0.158. The minimum Gasteiger partial charge on any atom is -0.389 e. The van der Waals surface area contributed by atoms with E-state index in [1.165, 1.54) is 0 Å². The van der Waals surface area contributed by atoms with Crippen LogP contribution in [0.1, 0.15) is 19.3 Å². The summed E-state index contributed by atoms with van der Waals surface area (Å²) in [5.41, 5.74) is 4.46. The normalized spacial score (nSPS) is 22.6. The summed E-state index contributed by atoms with van der Waals surface area (Å²) < 4.78 is 0. The van der Waals surface area contributed by atoms with Crippen LogP contribution in [-0.4, -0.2) is 16.5 Å². The van der Waals surface area contributed by atoms with Crippen molar-refractivity contribution in [2.24, 2.45) is 5.73 Å². The molecule has 8 heavy (non-hydrogen) atoms. The molecule has 3 nitrogen and oxygen atoms in total. The van der Waals surface area contributed by atoms with Gasteiger partial charge in [-0.3, -0.25) is 5.41 Å². The number of nitrogens with one attached hydrogen (secondary N) is 1. The van der Waals surface area contributed by atoms with Gasteiger partial charge in [-0.05, 0) is 12.8 Å². The van der Waals surface area contributed by atoms with Gasteiger partial charge in [0.25, 0.3) is 0 Å². The van der Waals surface area contributed by atoms with Crippen molar-refractivity contribution in [3.8, 4) is 0 Å². The van der Waals surface area contributed by atoms with Crippen molar-refractivity contribution in [3.63, 3.8) is 0 Å². The van der Waals surface area contributed by atoms with Crippen LogP contribution in [0, 0.1) is 5.41 Å². The first-order valence-corrected chi connectivity index (χ1v) is 2.68. The molecule has 4 N–H and O–H groups in total. The van der Waals surface area contributed by atoms with Gasteiger partial charge >= 0.3 is 0 Å². The van der Waals surface area contributed by atoms with E-state index >= 15 is 0 Å². The predicted molar refractivity (Wildman–Crippen MR) is 30.7 cm³/mol. The highest BCUT2D eigenvalue weighted by atomic mass is 16.3. The number of hydrogen-bond donors (Lipinski definition) is 3. The monoisotopic (exact) mass is 114 g/mol. The van der Waals surface area contributed by atoms with Gasteiger partial charge < -0.3 is 10.8 Å². The van der Waals surface area contributed by atoms with E-state index in [0.29, 0.717) is 6.42 Å². The zero-order valence-electron chi connectivity index (χ0n) is 4.65. The molecule has 46 valence electrons. The topological polar surface area (TPSA) is 70.1 Å². The summed E-state index contributed by atoms with van der Waals surface area (Å²) in [7, 11) is 0. The van der Waals surface area contributed by atoms with Crippen molar-refractivity contribution in [2.45, 2.75) is 24.9 Å². The average molecular weight is 114 g/mol. The molecule has 0 amide bonds. The molecule has 1 rings (SSSR count). The standard InChI is InChI=1S/C5H10N2O/c6-4(7)3-5(8)1-2-5/h8H,1-3H2,(H3,6,7). The van der Waals surface area contributed by atoms with Crippen molar-refractivity contribution in [1.82, 2.24) is 0 Å². The van der Waals surface area contributed by atoms with Crippen molar-refractivity contribution < 1.29 is 5.11 Å². The average Bonchev–Trinajstić information content (AvgIpc) is 2.17. The minimum atomic E-state index is -0.578. The largest absolute Gasteiger partial charge is 0.389 e. The molecule has 3 heteroatoms. The Kier molecular flexibility index (Phi) is 1.01. The summed E-state index contributed by atoms with van der Waals surface area (Å²) in [4.78, 5) is 0.